The average Bonchev–Trinajstić information content (AvgIpc) is 2.54. The fourth-order valence-corrected chi connectivity index (χ4v) is 2.63. The summed E-state index contributed by atoms with van der Waals surface area (Å²) in [7, 11) is -3.68. The zero-order valence-corrected chi connectivity index (χ0v) is 13.2. The first-order valence-electron chi connectivity index (χ1n) is 6.91. The maximum Gasteiger partial charge on any atom is 0.306 e. The fraction of sp³-hybridized carbons (Fsp3) is 0.0588. The van der Waals surface area contributed by atoms with Crippen molar-refractivity contribution in [3.05, 3.63) is 66.7 Å². The average molecular weight is 326 g/mol. The third-order valence-corrected chi connectivity index (χ3v) is 3.59. The number of azo groups is 1. The first-order valence-corrected chi connectivity index (χ1v) is 8.72. The SMILES string of the molecule is CS(=O)(=O)Oc1c(N=Nc2ccccc2)ccc2ccccc12. The number of nitrogens with zero attached hydrogens (tertiary/aromatic N) is 2. The second kappa shape index (κ2) is 6.18. The molecule has 0 aromatic heterocycles. The lowest BCUT2D eigenvalue weighted by Crippen LogP contribution is -2.06. The normalized spacial score (nSPS) is 11.9. The molecule has 0 radical (unpaired) electrons. The Morgan fingerprint density at radius 2 is 1.52 bits per heavy atom. The van der Waals surface area contributed by atoms with E-state index in [0.29, 0.717) is 16.8 Å². The van der Waals surface area contributed by atoms with Crippen molar-refractivity contribution in [1.29, 1.82) is 0 Å². The highest BCUT2D eigenvalue weighted by molar-refractivity contribution is 7.86. The van der Waals surface area contributed by atoms with E-state index in [9.17, 15) is 8.42 Å². The van der Waals surface area contributed by atoms with E-state index in [1.165, 1.54) is 0 Å². The van der Waals surface area contributed by atoms with Gasteiger partial charge < -0.3 is 4.18 Å². The van der Waals surface area contributed by atoms with Gasteiger partial charge in [0.25, 0.3) is 0 Å². The third kappa shape index (κ3) is 3.73. The number of hydrogen-bond acceptors (Lipinski definition) is 5. The summed E-state index contributed by atoms with van der Waals surface area (Å²) in [5.74, 6) is 0.185. The molecule has 23 heavy (non-hydrogen) atoms. The Labute approximate surface area is 134 Å². The quantitative estimate of drug-likeness (QED) is 0.520. The van der Waals surface area contributed by atoms with E-state index in [4.69, 9.17) is 4.18 Å². The predicted octanol–water partition coefficient (Wildman–Crippen LogP) is 4.59. The van der Waals surface area contributed by atoms with Crippen molar-refractivity contribution >= 4 is 32.3 Å². The Morgan fingerprint density at radius 3 is 2.26 bits per heavy atom. The summed E-state index contributed by atoms with van der Waals surface area (Å²) < 4.78 is 28.3. The highest BCUT2D eigenvalue weighted by Gasteiger charge is 2.14. The van der Waals surface area contributed by atoms with Gasteiger partial charge in [-0.25, -0.2) is 0 Å². The van der Waals surface area contributed by atoms with Crippen LogP contribution in [-0.2, 0) is 10.1 Å². The standard InChI is InChI=1S/C17H14N2O3S/c1-23(20,21)22-17-15-10-6-5-7-13(15)11-12-16(17)19-18-14-8-3-2-4-9-14/h2-12H,1H3. The summed E-state index contributed by atoms with van der Waals surface area (Å²) in [5, 5.41) is 9.80. The van der Waals surface area contributed by atoms with Crippen LogP contribution in [0, 0.1) is 0 Å². The maximum absolute atomic E-state index is 11.6. The molecule has 0 saturated heterocycles. The van der Waals surface area contributed by atoms with Crippen LogP contribution in [0.4, 0.5) is 11.4 Å². The van der Waals surface area contributed by atoms with Crippen molar-refractivity contribution in [1.82, 2.24) is 0 Å². The minimum Gasteiger partial charge on any atom is -0.380 e. The van der Waals surface area contributed by atoms with E-state index < -0.39 is 10.1 Å². The molecular weight excluding hydrogens is 312 g/mol. The maximum atomic E-state index is 11.6. The van der Waals surface area contributed by atoms with Crippen molar-refractivity contribution < 1.29 is 12.6 Å². The molecule has 0 aliphatic carbocycles. The molecule has 6 heteroatoms. The highest BCUT2D eigenvalue weighted by Crippen LogP contribution is 2.37. The lowest BCUT2D eigenvalue weighted by atomic mass is 10.1. The zero-order chi connectivity index (χ0) is 16.3. The van der Waals surface area contributed by atoms with Gasteiger partial charge in [0.05, 0.1) is 11.9 Å². The van der Waals surface area contributed by atoms with Gasteiger partial charge in [0, 0.05) is 5.39 Å². The van der Waals surface area contributed by atoms with Gasteiger partial charge in [0.15, 0.2) is 5.75 Å². The predicted molar refractivity (Wildman–Crippen MR) is 90.0 cm³/mol. The van der Waals surface area contributed by atoms with Gasteiger partial charge in [-0.05, 0) is 23.6 Å². The highest BCUT2D eigenvalue weighted by atomic mass is 32.2. The molecule has 3 aromatic carbocycles. The van der Waals surface area contributed by atoms with Crippen molar-refractivity contribution in [3.8, 4) is 5.75 Å². The van der Waals surface area contributed by atoms with Crippen LogP contribution in [0.2, 0.25) is 0 Å². The Kier molecular flexibility index (Phi) is 4.08. The molecule has 0 heterocycles. The van der Waals surface area contributed by atoms with E-state index in [1.54, 1.807) is 12.1 Å². The van der Waals surface area contributed by atoms with Crippen LogP contribution in [0.25, 0.3) is 10.8 Å². The van der Waals surface area contributed by atoms with E-state index in [-0.39, 0.29) is 5.75 Å². The molecule has 0 unspecified atom stereocenters. The van der Waals surface area contributed by atoms with Gasteiger partial charge in [0.2, 0.25) is 0 Å². The van der Waals surface area contributed by atoms with E-state index in [0.717, 1.165) is 11.6 Å². The Bertz CT molecular complexity index is 968. The lowest BCUT2D eigenvalue weighted by Gasteiger charge is -2.09. The summed E-state index contributed by atoms with van der Waals surface area (Å²) in [5.41, 5.74) is 1.03. The van der Waals surface area contributed by atoms with Crippen LogP contribution >= 0.6 is 0 Å². The molecular formula is C17H14N2O3S. The second-order valence-electron chi connectivity index (χ2n) is 4.96. The molecule has 3 rings (SSSR count). The molecule has 0 spiro atoms. The molecule has 3 aromatic rings. The lowest BCUT2D eigenvalue weighted by molar-refractivity contribution is 0.496. The smallest absolute Gasteiger partial charge is 0.306 e. The Morgan fingerprint density at radius 1 is 0.826 bits per heavy atom. The zero-order valence-electron chi connectivity index (χ0n) is 12.4. The summed E-state index contributed by atoms with van der Waals surface area (Å²) in [6, 6.07) is 20.1. The molecule has 116 valence electrons. The Hall–Kier alpha value is -2.73. The van der Waals surface area contributed by atoms with Gasteiger partial charge in [-0.2, -0.15) is 13.5 Å². The summed E-state index contributed by atoms with van der Waals surface area (Å²) in [6.07, 6.45) is 1.01. The number of benzene rings is 3. The van der Waals surface area contributed by atoms with Crippen molar-refractivity contribution in [2.24, 2.45) is 10.2 Å². The van der Waals surface area contributed by atoms with Crippen molar-refractivity contribution in [2.45, 2.75) is 0 Å². The van der Waals surface area contributed by atoms with Crippen molar-refractivity contribution in [3.63, 3.8) is 0 Å². The topological polar surface area (TPSA) is 68.1 Å². The fourth-order valence-electron chi connectivity index (χ4n) is 2.16. The van der Waals surface area contributed by atoms with Crippen LogP contribution in [0.15, 0.2) is 77.0 Å². The largest absolute Gasteiger partial charge is 0.380 e. The molecule has 0 saturated carbocycles. The van der Waals surface area contributed by atoms with Crippen LogP contribution < -0.4 is 4.18 Å². The molecule has 0 atom stereocenters. The van der Waals surface area contributed by atoms with Crippen LogP contribution in [0.1, 0.15) is 0 Å². The minimum absolute atomic E-state index is 0.185. The number of fused-ring (bicyclic) bond motifs is 1. The van der Waals surface area contributed by atoms with E-state index in [2.05, 4.69) is 10.2 Å². The molecule has 0 fully saturated rings. The number of hydrogen-bond donors (Lipinski definition) is 0. The minimum atomic E-state index is -3.68. The van der Waals surface area contributed by atoms with Gasteiger partial charge in [-0.3, -0.25) is 0 Å². The summed E-state index contributed by atoms with van der Waals surface area (Å²) in [4.78, 5) is 0. The molecule has 0 bridgehead atoms. The van der Waals surface area contributed by atoms with Gasteiger partial charge >= 0.3 is 10.1 Å². The first-order chi connectivity index (χ1) is 11.0. The summed E-state index contributed by atoms with van der Waals surface area (Å²) in [6.45, 7) is 0. The number of rotatable bonds is 4. The third-order valence-electron chi connectivity index (χ3n) is 3.12. The van der Waals surface area contributed by atoms with E-state index in [1.807, 2.05) is 54.6 Å². The summed E-state index contributed by atoms with van der Waals surface area (Å²) >= 11 is 0. The van der Waals surface area contributed by atoms with Crippen LogP contribution in [0.5, 0.6) is 5.75 Å². The van der Waals surface area contributed by atoms with Gasteiger partial charge in [0.1, 0.15) is 5.69 Å². The molecule has 0 aliphatic heterocycles. The van der Waals surface area contributed by atoms with Gasteiger partial charge in [-0.15, -0.1) is 5.11 Å². The van der Waals surface area contributed by atoms with E-state index >= 15 is 0 Å². The second-order valence-corrected chi connectivity index (χ2v) is 6.53. The monoisotopic (exact) mass is 326 g/mol. The molecule has 5 nitrogen and oxygen atoms in total. The van der Waals surface area contributed by atoms with Crippen LogP contribution in [0.3, 0.4) is 0 Å². The Balaban J connectivity index is 2.12. The van der Waals surface area contributed by atoms with Gasteiger partial charge in [-0.1, -0.05) is 48.5 Å². The first kappa shape index (κ1) is 15.2. The molecule has 0 amide bonds. The molecule has 0 aliphatic rings. The van der Waals surface area contributed by atoms with Crippen molar-refractivity contribution in [2.75, 3.05) is 6.26 Å². The molecule has 0 N–H and O–H groups in total. The van der Waals surface area contributed by atoms with Crippen LogP contribution in [-0.4, -0.2) is 14.7 Å².